The number of hydrogen-bond acceptors (Lipinski definition) is 5. The van der Waals surface area contributed by atoms with Crippen LogP contribution in [0, 0.1) is 6.92 Å². The Kier molecular flexibility index (Phi) is 5.18. The summed E-state index contributed by atoms with van der Waals surface area (Å²) in [7, 11) is 0. The number of pyridine rings is 2. The van der Waals surface area contributed by atoms with Crippen LogP contribution in [0.3, 0.4) is 0 Å². The standard InChI is InChI=1S/C20H16ClN5S/c1-14-4-2-3-5-17(14)26-19(16-7-9-22-10-8-16)24-25-20(26)27-13-15-6-11-23-18(21)12-15/h2-12H,13H2,1H3. The van der Waals surface area contributed by atoms with Gasteiger partial charge in [0, 0.05) is 29.9 Å². The van der Waals surface area contributed by atoms with E-state index in [-0.39, 0.29) is 0 Å². The average Bonchev–Trinajstić information content (AvgIpc) is 3.11. The zero-order valence-electron chi connectivity index (χ0n) is 14.6. The SMILES string of the molecule is Cc1ccccc1-n1c(SCc2ccnc(Cl)c2)nnc1-c1ccncc1. The van der Waals surface area contributed by atoms with Crippen molar-refractivity contribution in [3.05, 3.63) is 83.4 Å². The average molecular weight is 394 g/mol. The summed E-state index contributed by atoms with van der Waals surface area (Å²) in [4.78, 5) is 8.13. The van der Waals surface area contributed by atoms with E-state index in [2.05, 4.69) is 43.8 Å². The predicted molar refractivity (Wildman–Crippen MR) is 108 cm³/mol. The highest BCUT2D eigenvalue weighted by Crippen LogP contribution is 2.30. The molecule has 0 aliphatic heterocycles. The van der Waals surface area contributed by atoms with Crippen LogP contribution in [0.25, 0.3) is 17.1 Å². The molecule has 0 saturated heterocycles. The summed E-state index contributed by atoms with van der Waals surface area (Å²) in [6.07, 6.45) is 5.24. The van der Waals surface area contributed by atoms with Gasteiger partial charge in [0.1, 0.15) is 5.15 Å². The molecule has 0 aliphatic carbocycles. The number of para-hydroxylation sites is 1. The van der Waals surface area contributed by atoms with Gasteiger partial charge in [-0.05, 0) is 48.4 Å². The molecule has 0 saturated carbocycles. The Balaban J connectivity index is 1.76. The molecule has 4 rings (SSSR count). The molecular weight excluding hydrogens is 378 g/mol. The summed E-state index contributed by atoms with van der Waals surface area (Å²) in [6.45, 7) is 2.09. The molecule has 5 nitrogen and oxygen atoms in total. The quantitative estimate of drug-likeness (QED) is 0.353. The normalized spacial score (nSPS) is 10.9. The Morgan fingerprint density at radius 2 is 1.81 bits per heavy atom. The van der Waals surface area contributed by atoms with Crippen LogP contribution in [-0.2, 0) is 5.75 Å². The van der Waals surface area contributed by atoms with Gasteiger partial charge < -0.3 is 0 Å². The molecule has 27 heavy (non-hydrogen) atoms. The number of thioether (sulfide) groups is 1. The molecule has 0 bridgehead atoms. The lowest BCUT2D eigenvalue weighted by Crippen LogP contribution is -2.02. The summed E-state index contributed by atoms with van der Waals surface area (Å²) in [5, 5.41) is 10.2. The summed E-state index contributed by atoms with van der Waals surface area (Å²) < 4.78 is 2.10. The third kappa shape index (κ3) is 3.86. The highest BCUT2D eigenvalue weighted by molar-refractivity contribution is 7.98. The molecule has 4 aromatic rings. The summed E-state index contributed by atoms with van der Waals surface area (Å²) >= 11 is 7.61. The third-order valence-corrected chi connectivity index (χ3v) is 5.29. The van der Waals surface area contributed by atoms with Crippen molar-refractivity contribution in [2.24, 2.45) is 0 Å². The number of aryl methyl sites for hydroxylation is 1. The summed E-state index contributed by atoms with van der Waals surface area (Å²) in [6, 6.07) is 15.9. The van der Waals surface area contributed by atoms with Crippen LogP contribution in [-0.4, -0.2) is 24.7 Å². The van der Waals surface area contributed by atoms with E-state index in [0.717, 1.165) is 39.1 Å². The Morgan fingerprint density at radius 1 is 1.00 bits per heavy atom. The molecule has 0 unspecified atom stereocenters. The largest absolute Gasteiger partial charge is 0.270 e. The van der Waals surface area contributed by atoms with Crippen LogP contribution in [0.4, 0.5) is 0 Å². The number of aromatic nitrogens is 5. The zero-order valence-corrected chi connectivity index (χ0v) is 16.2. The maximum Gasteiger partial charge on any atom is 0.196 e. The minimum absolute atomic E-state index is 0.492. The monoisotopic (exact) mass is 393 g/mol. The Hall–Kier alpha value is -2.70. The molecule has 3 heterocycles. The highest BCUT2D eigenvalue weighted by atomic mass is 35.5. The van der Waals surface area contributed by atoms with Gasteiger partial charge in [0.15, 0.2) is 11.0 Å². The van der Waals surface area contributed by atoms with Gasteiger partial charge >= 0.3 is 0 Å². The van der Waals surface area contributed by atoms with Gasteiger partial charge in [-0.25, -0.2) is 4.98 Å². The molecular formula is C20H16ClN5S. The first-order valence-corrected chi connectivity index (χ1v) is 9.74. The number of nitrogens with zero attached hydrogens (tertiary/aromatic N) is 5. The molecule has 0 radical (unpaired) electrons. The van der Waals surface area contributed by atoms with Crippen LogP contribution in [0.1, 0.15) is 11.1 Å². The van der Waals surface area contributed by atoms with E-state index in [4.69, 9.17) is 11.6 Å². The molecule has 7 heteroatoms. The third-order valence-electron chi connectivity index (χ3n) is 4.09. The smallest absolute Gasteiger partial charge is 0.196 e. The maximum atomic E-state index is 6.00. The van der Waals surface area contributed by atoms with Gasteiger partial charge in [-0.1, -0.05) is 41.6 Å². The fourth-order valence-electron chi connectivity index (χ4n) is 2.76. The Bertz CT molecular complexity index is 1060. The predicted octanol–water partition coefficient (Wildman–Crippen LogP) is 4.98. The van der Waals surface area contributed by atoms with Gasteiger partial charge in [-0.3, -0.25) is 9.55 Å². The molecule has 0 atom stereocenters. The van der Waals surface area contributed by atoms with Crippen molar-refractivity contribution in [1.29, 1.82) is 0 Å². The molecule has 0 amide bonds. The van der Waals surface area contributed by atoms with E-state index >= 15 is 0 Å². The van der Waals surface area contributed by atoms with Gasteiger partial charge in [-0.15, -0.1) is 10.2 Å². The summed E-state index contributed by atoms with van der Waals surface area (Å²) in [5.41, 5.74) is 4.27. The number of hydrogen-bond donors (Lipinski definition) is 0. The topological polar surface area (TPSA) is 56.5 Å². The first-order chi connectivity index (χ1) is 13.2. The first kappa shape index (κ1) is 17.7. The lowest BCUT2D eigenvalue weighted by Gasteiger charge is -2.12. The second-order valence-electron chi connectivity index (χ2n) is 5.94. The van der Waals surface area contributed by atoms with Gasteiger partial charge in [0.25, 0.3) is 0 Å². The molecule has 0 fully saturated rings. The van der Waals surface area contributed by atoms with Crippen molar-refractivity contribution in [2.75, 3.05) is 0 Å². The lowest BCUT2D eigenvalue weighted by atomic mass is 10.2. The minimum Gasteiger partial charge on any atom is -0.270 e. The van der Waals surface area contributed by atoms with E-state index in [1.807, 2.05) is 36.4 Å². The van der Waals surface area contributed by atoms with Crippen molar-refractivity contribution >= 4 is 23.4 Å². The fraction of sp³-hybridized carbons (Fsp3) is 0.100. The number of halogens is 1. The molecule has 0 N–H and O–H groups in total. The van der Waals surface area contributed by atoms with Crippen molar-refractivity contribution < 1.29 is 0 Å². The van der Waals surface area contributed by atoms with Crippen molar-refractivity contribution in [1.82, 2.24) is 24.7 Å². The molecule has 0 spiro atoms. The second kappa shape index (κ2) is 7.90. The van der Waals surface area contributed by atoms with E-state index < -0.39 is 0 Å². The number of benzene rings is 1. The van der Waals surface area contributed by atoms with E-state index in [1.54, 1.807) is 30.4 Å². The molecule has 1 aromatic carbocycles. The first-order valence-electron chi connectivity index (χ1n) is 8.37. The number of rotatable bonds is 5. The molecule has 0 aliphatic rings. The highest BCUT2D eigenvalue weighted by Gasteiger charge is 2.17. The van der Waals surface area contributed by atoms with Crippen molar-refractivity contribution in [3.63, 3.8) is 0 Å². The summed E-state index contributed by atoms with van der Waals surface area (Å²) in [5.74, 6) is 1.52. The van der Waals surface area contributed by atoms with Crippen LogP contribution >= 0.6 is 23.4 Å². The van der Waals surface area contributed by atoms with E-state index in [1.165, 1.54) is 0 Å². The van der Waals surface area contributed by atoms with Crippen LogP contribution in [0.15, 0.2) is 72.3 Å². The lowest BCUT2D eigenvalue weighted by molar-refractivity contribution is 0.880. The Labute approximate surface area is 166 Å². The van der Waals surface area contributed by atoms with Crippen LogP contribution < -0.4 is 0 Å². The zero-order chi connectivity index (χ0) is 18.6. The van der Waals surface area contributed by atoms with Gasteiger partial charge in [0.2, 0.25) is 0 Å². The van der Waals surface area contributed by atoms with Crippen LogP contribution in [0.2, 0.25) is 5.15 Å². The maximum absolute atomic E-state index is 6.00. The second-order valence-corrected chi connectivity index (χ2v) is 7.27. The fourth-order valence-corrected chi connectivity index (χ4v) is 3.85. The Morgan fingerprint density at radius 3 is 2.59 bits per heavy atom. The van der Waals surface area contributed by atoms with E-state index in [9.17, 15) is 0 Å². The molecule has 134 valence electrons. The van der Waals surface area contributed by atoms with E-state index in [0.29, 0.717) is 5.15 Å². The molecule has 3 aromatic heterocycles. The van der Waals surface area contributed by atoms with Crippen molar-refractivity contribution in [2.45, 2.75) is 17.8 Å². The van der Waals surface area contributed by atoms with Crippen molar-refractivity contribution in [3.8, 4) is 17.1 Å². The minimum atomic E-state index is 0.492. The van der Waals surface area contributed by atoms with Crippen LogP contribution in [0.5, 0.6) is 0 Å². The van der Waals surface area contributed by atoms with Gasteiger partial charge in [-0.2, -0.15) is 0 Å². The van der Waals surface area contributed by atoms with Gasteiger partial charge in [0.05, 0.1) is 5.69 Å².